The van der Waals surface area contributed by atoms with Crippen molar-refractivity contribution in [2.75, 3.05) is 0 Å². The van der Waals surface area contributed by atoms with E-state index in [2.05, 4.69) is 17.0 Å². The van der Waals surface area contributed by atoms with E-state index < -0.39 is 11.1 Å². The van der Waals surface area contributed by atoms with E-state index in [-0.39, 0.29) is 0 Å². The van der Waals surface area contributed by atoms with Gasteiger partial charge in [-0.25, -0.2) is 5.10 Å². The number of nitrogens with zero attached hydrogens (tertiary/aromatic N) is 1. The molecule has 5 heteroatoms. The van der Waals surface area contributed by atoms with Crippen molar-refractivity contribution in [3.05, 3.63) is 33.5 Å². The molecule has 1 aromatic rings. The normalized spacial score (nSPS) is 9.70. The molecule has 0 atom stereocenters. The Hall–Kier alpha value is -1.39. The first-order valence-corrected chi connectivity index (χ1v) is 2.71. The fourth-order valence-electron chi connectivity index (χ4n) is 0.503. The lowest BCUT2D eigenvalue weighted by atomic mass is 10.5. The molecule has 0 aromatic carbocycles. The van der Waals surface area contributed by atoms with Gasteiger partial charge >= 0.3 is 11.1 Å². The second kappa shape index (κ2) is 2.47. The molecule has 1 aromatic heterocycles. The van der Waals surface area contributed by atoms with E-state index in [0.29, 0.717) is 12.2 Å². The molecule has 0 saturated heterocycles. The minimum Gasteiger partial charge on any atom is -0.304 e. The summed E-state index contributed by atoms with van der Waals surface area (Å²) < 4.78 is 0. The van der Waals surface area contributed by atoms with Gasteiger partial charge in [-0.05, 0) is 6.92 Å². The summed E-state index contributed by atoms with van der Waals surface area (Å²) in [6, 6.07) is 0. The Bertz CT molecular complexity index is 324. The monoisotopic (exact) mass is 140 g/mol. The standard InChI is InChI=1S/C5H6N3O2/c1-2-3-6-4(9)5(10)8-7-3/h1-2H2,(H,8,10)(H,6,7,9). The van der Waals surface area contributed by atoms with Crippen LogP contribution in [0.25, 0.3) is 0 Å². The van der Waals surface area contributed by atoms with Gasteiger partial charge in [0, 0.05) is 6.42 Å². The van der Waals surface area contributed by atoms with Crippen LogP contribution in [0.3, 0.4) is 0 Å². The molecular weight excluding hydrogens is 134 g/mol. The lowest BCUT2D eigenvalue weighted by molar-refractivity contribution is 0.826. The Morgan fingerprint density at radius 1 is 1.40 bits per heavy atom. The molecular formula is C5H6N3O2. The van der Waals surface area contributed by atoms with Crippen molar-refractivity contribution < 1.29 is 0 Å². The van der Waals surface area contributed by atoms with Crippen molar-refractivity contribution in [1.29, 1.82) is 0 Å². The van der Waals surface area contributed by atoms with Crippen molar-refractivity contribution >= 4 is 0 Å². The third-order valence-electron chi connectivity index (χ3n) is 0.993. The average Bonchev–Trinajstić information content (AvgIpc) is 1.95. The van der Waals surface area contributed by atoms with Crippen molar-refractivity contribution in [3.8, 4) is 0 Å². The van der Waals surface area contributed by atoms with Crippen LogP contribution in [0.2, 0.25) is 0 Å². The maximum absolute atomic E-state index is 10.5. The second-order valence-electron chi connectivity index (χ2n) is 1.70. The molecule has 0 saturated carbocycles. The van der Waals surface area contributed by atoms with Crippen molar-refractivity contribution in [2.45, 2.75) is 6.42 Å². The van der Waals surface area contributed by atoms with Crippen LogP contribution < -0.4 is 11.1 Å². The highest BCUT2D eigenvalue weighted by Crippen LogP contribution is 1.76. The molecule has 5 nitrogen and oxygen atoms in total. The summed E-state index contributed by atoms with van der Waals surface area (Å²) in [5, 5.41) is 5.53. The molecule has 0 aliphatic heterocycles. The zero-order valence-corrected chi connectivity index (χ0v) is 5.18. The lowest BCUT2D eigenvalue weighted by Crippen LogP contribution is -2.31. The predicted octanol–water partition coefficient (Wildman–Crippen LogP) is -1.17. The van der Waals surface area contributed by atoms with E-state index in [0.717, 1.165) is 0 Å². The van der Waals surface area contributed by atoms with Gasteiger partial charge in [-0.15, -0.1) is 0 Å². The Morgan fingerprint density at radius 2 is 2.10 bits per heavy atom. The maximum Gasteiger partial charge on any atom is 0.329 e. The number of aromatic nitrogens is 3. The van der Waals surface area contributed by atoms with Gasteiger partial charge in [0.25, 0.3) is 0 Å². The fourth-order valence-corrected chi connectivity index (χ4v) is 0.503. The Labute approximate surface area is 56.1 Å². The molecule has 10 heavy (non-hydrogen) atoms. The van der Waals surface area contributed by atoms with Gasteiger partial charge in [0.05, 0.1) is 0 Å². The average molecular weight is 140 g/mol. The van der Waals surface area contributed by atoms with Crippen LogP contribution in [-0.4, -0.2) is 15.2 Å². The summed E-state index contributed by atoms with van der Waals surface area (Å²) in [5.41, 5.74) is -1.43. The van der Waals surface area contributed by atoms with Crippen molar-refractivity contribution in [3.63, 3.8) is 0 Å². The van der Waals surface area contributed by atoms with Gasteiger partial charge in [-0.3, -0.25) is 9.59 Å². The van der Waals surface area contributed by atoms with E-state index in [1.807, 2.05) is 5.10 Å². The first kappa shape index (κ1) is 6.73. The van der Waals surface area contributed by atoms with Crippen molar-refractivity contribution in [1.82, 2.24) is 15.2 Å². The van der Waals surface area contributed by atoms with Gasteiger partial charge in [-0.1, -0.05) is 0 Å². The zero-order chi connectivity index (χ0) is 7.56. The molecule has 53 valence electrons. The topological polar surface area (TPSA) is 78.6 Å². The Kier molecular flexibility index (Phi) is 1.66. The molecule has 0 aliphatic carbocycles. The van der Waals surface area contributed by atoms with Gasteiger partial charge in [0.1, 0.15) is 5.82 Å². The van der Waals surface area contributed by atoms with Crippen LogP contribution in [0.4, 0.5) is 0 Å². The summed E-state index contributed by atoms with van der Waals surface area (Å²) in [6.45, 7) is 3.47. The van der Waals surface area contributed by atoms with Crippen molar-refractivity contribution in [2.24, 2.45) is 0 Å². The van der Waals surface area contributed by atoms with E-state index in [1.165, 1.54) is 0 Å². The smallest absolute Gasteiger partial charge is 0.304 e. The largest absolute Gasteiger partial charge is 0.329 e. The van der Waals surface area contributed by atoms with Crippen LogP contribution in [-0.2, 0) is 6.42 Å². The predicted molar refractivity (Wildman–Crippen MR) is 34.5 cm³/mol. The first-order chi connectivity index (χ1) is 4.74. The molecule has 0 fully saturated rings. The maximum atomic E-state index is 10.5. The molecule has 0 unspecified atom stereocenters. The van der Waals surface area contributed by atoms with Gasteiger partial charge in [0.2, 0.25) is 0 Å². The van der Waals surface area contributed by atoms with Crippen LogP contribution in [0.1, 0.15) is 5.82 Å². The molecule has 2 N–H and O–H groups in total. The van der Waals surface area contributed by atoms with E-state index in [9.17, 15) is 9.59 Å². The minimum absolute atomic E-state index is 0.353. The van der Waals surface area contributed by atoms with E-state index in [1.54, 1.807) is 0 Å². The zero-order valence-electron chi connectivity index (χ0n) is 5.18. The van der Waals surface area contributed by atoms with E-state index >= 15 is 0 Å². The highest BCUT2D eigenvalue weighted by atomic mass is 16.2. The lowest BCUT2D eigenvalue weighted by Gasteiger charge is -1.89. The summed E-state index contributed by atoms with van der Waals surface area (Å²) >= 11 is 0. The molecule has 0 amide bonds. The first-order valence-electron chi connectivity index (χ1n) is 2.71. The third-order valence-corrected chi connectivity index (χ3v) is 0.993. The molecule has 1 rings (SSSR count). The summed E-state index contributed by atoms with van der Waals surface area (Å²) in [4.78, 5) is 23.2. The van der Waals surface area contributed by atoms with Gasteiger partial charge in [-0.2, -0.15) is 5.10 Å². The quantitative estimate of drug-likeness (QED) is 0.482. The Morgan fingerprint density at radius 3 is 2.60 bits per heavy atom. The second-order valence-corrected chi connectivity index (χ2v) is 1.70. The number of H-pyrrole nitrogens is 2. The van der Waals surface area contributed by atoms with Gasteiger partial charge in [0.15, 0.2) is 0 Å². The SMILES string of the molecule is [CH2]Cc1n[nH]c(=O)c(=O)[nH]1. The Balaban J connectivity index is 3.31. The number of aromatic amines is 2. The van der Waals surface area contributed by atoms with Gasteiger partial charge < -0.3 is 4.98 Å². The fraction of sp³-hybridized carbons (Fsp3) is 0.200. The number of rotatable bonds is 1. The number of hydrogen-bond acceptors (Lipinski definition) is 3. The minimum atomic E-state index is -0.739. The summed E-state index contributed by atoms with van der Waals surface area (Å²) in [5.74, 6) is 0.379. The number of hydrogen-bond donors (Lipinski definition) is 2. The molecule has 0 bridgehead atoms. The summed E-state index contributed by atoms with van der Waals surface area (Å²) in [6.07, 6.45) is 0.353. The highest BCUT2D eigenvalue weighted by Gasteiger charge is 1.93. The molecule has 0 spiro atoms. The number of nitrogens with one attached hydrogen (secondary N) is 2. The van der Waals surface area contributed by atoms with Crippen LogP contribution in [0.5, 0.6) is 0 Å². The highest BCUT2D eigenvalue weighted by molar-refractivity contribution is 4.83. The van der Waals surface area contributed by atoms with E-state index in [4.69, 9.17) is 0 Å². The molecule has 1 radical (unpaired) electrons. The summed E-state index contributed by atoms with van der Waals surface area (Å²) in [7, 11) is 0. The molecule has 0 aliphatic rings. The van der Waals surface area contributed by atoms with Crippen LogP contribution in [0, 0.1) is 6.92 Å². The van der Waals surface area contributed by atoms with Crippen LogP contribution in [0.15, 0.2) is 9.59 Å². The molecule has 1 heterocycles. The third kappa shape index (κ3) is 1.12. The van der Waals surface area contributed by atoms with Crippen LogP contribution >= 0.6 is 0 Å².